The second-order valence-corrected chi connectivity index (χ2v) is 4.43. The van der Waals surface area contributed by atoms with Gasteiger partial charge in [-0.25, -0.2) is 0 Å². The van der Waals surface area contributed by atoms with Crippen molar-refractivity contribution in [3.63, 3.8) is 0 Å². The van der Waals surface area contributed by atoms with Gasteiger partial charge in [-0.1, -0.05) is 13.0 Å². The van der Waals surface area contributed by atoms with Crippen LogP contribution in [0.2, 0.25) is 0 Å². The van der Waals surface area contributed by atoms with Crippen molar-refractivity contribution >= 4 is 11.4 Å². The van der Waals surface area contributed by atoms with Gasteiger partial charge in [0.1, 0.15) is 0 Å². The van der Waals surface area contributed by atoms with Crippen LogP contribution in [0.5, 0.6) is 0 Å². The number of benzene rings is 1. The lowest BCUT2D eigenvalue weighted by Crippen LogP contribution is -2.06. The molecule has 0 bridgehead atoms. The zero-order chi connectivity index (χ0) is 12.0. The lowest BCUT2D eigenvalue weighted by Gasteiger charge is -2.10. The maximum absolute atomic E-state index is 8.88. The van der Waals surface area contributed by atoms with Crippen molar-refractivity contribution in [3.05, 3.63) is 23.8 Å². The van der Waals surface area contributed by atoms with Gasteiger partial charge in [-0.2, -0.15) is 0 Å². The molecule has 1 unspecified atom stereocenters. The summed E-state index contributed by atoms with van der Waals surface area (Å²) in [6.45, 7) is 5.26. The number of anilines is 2. The maximum atomic E-state index is 8.88. The quantitative estimate of drug-likeness (QED) is 0.511. The average Bonchev–Trinajstić information content (AvgIpc) is 2.28. The molecule has 1 rings (SSSR count). The minimum Gasteiger partial charge on any atom is -0.398 e. The third-order valence-corrected chi connectivity index (χ3v) is 2.79. The molecule has 0 aliphatic rings. The predicted molar refractivity (Wildman–Crippen MR) is 69.6 cm³/mol. The van der Waals surface area contributed by atoms with E-state index in [4.69, 9.17) is 10.8 Å². The van der Waals surface area contributed by atoms with E-state index >= 15 is 0 Å². The van der Waals surface area contributed by atoms with Crippen molar-refractivity contribution in [3.8, 4) is 0 Å². The van der Waals surface area contributed by atoms with E-state index in [-0.39, 0.29) is 6.61 Å². The molecule has 0 heterocycles. The van der Waals surface area contributed by atoms with Gasteiger partial charge in [-0.3, -0.25) is 0 Å². The van der Waals surface area contributed by atoms with E-state index in [2.05, 4.69) is 12.2 Å². The molecule has 0 fully saturated rings. The molecule has 0 saturated heterocycles. The summed E-state index contributed by atoms with van der Waals surface area (Å²) in [6.07, 6.45) is 2.11. The van der Waals surface area contributed by atoms with Crippen molar-refractivity contribution in [1.82, 2.24) is 0 Å². The van der Waals surface area contributed by atoms with E-state index in [1.54, 1.807) is 0 Å². The summed E-state index contributed by atoms with van der Waals surface area (Å²) < 4.78 is 0. The minimum absolute atomic E-state index is 0.275. The number of nitrogens with one attached hydrogen (secondary N) is 1. The molecule has 1 aromatic rings. The molecule has 0 aromatic heterocycles. The fourth-order valence-electron chi connectivity index (χ4n) is 1.52. The Labute approximate surface area is 97.7 Å². The van der Waals surface area contributed by atoms with Crippen molar-refractivity contribution in [1.29, 1.82) is 0 Å². The third-order valence-electron chi connectivity index (χ3n) is 2.79. The summed E-state index contributed by atoms with van der Waals surface area (Å²) in [5, 5.41) is 12.2. The molecule has 3 nitrogen and oxygen atoms in total. The predicted octanol–water partition coefficient (Wildman–Crippen LogP) is 2.40. The van der Waals surface area contributed by atoms with Crippen LogP contribution in [0.25, 0.3) is 0 Å². The number of rotatable bonds is 6. The smallest absolute Gasteiger partial charge is 0.0456 e. The van der Waals surface area contributed by atoms with Gasteiger partial charge in [0.05, 0.1) is 0 Å². The summed E-state index contributed by atoms with van der Waals surface area (Å²) in [5.74, 6) is 0.393. The molecule has 1 atom stereocenters. The first-order valence-electron chi connectivity index (χ1n) is 5.84. The first kappa shape index (κ1) is 12.8. The van der Waals surface area contributed by atoms with Gasteiger partial charge >= 0.3 is 0 Å². The molecule has 4 N–H and O–H groups in total. The highest BCUT2D eigenvalue weighted by molar-refractivity contribution is 5.58. The van der Waals surface area contributed by atoms with Crippen LogP contribution in [0.4, 0.5) is 11.4 Å². The Morgan fingerprint density at radius 2 is 2.19 bits per heavy atom. The number of aliphatic hydroxyl groups excluding tert-OH is 1. The summed E-state index contributed by atoms with van der Waals surface area (Å²) in [5.41, 5.74) is 8.83. The Bertz CT molecular complexity index is 326. The highest BCUT2D eigenvalue weighted by atomic mass is 16.3. The highest BCUT2D eigenvalue weighted by Crippen LogP contribution is 2.17. The largest absolute Gasteiger partial charge is 0.398 e. The van der Waals surface area contributed by atoms with Crippen LogP contribution in [0.3, 0.4) is 0 Å². The SMILES string of the molecule is Cc1ccc(NCCCC(C)CO)cc1N. The summed E-state index contributed by atoms with van der Waals surface area (Å²) in [7, 11) is 0. The number of hydrogen-bond donors (Lipinski definition) is 3. The molecular weight excluding hydrogens is 200 g/mol. The zero-order valence-corrected chi connectivity index (χ0v) is 10.2. The lowest BCUT2D eigenvalue weighted by molar-refractivity contribution is 0.229. The molecule has 16 heavy (non-hydrogen) atoms. The molecule has 0 aliphatic heterocycles. The standard InChI is InChI=1S/C13H22N2O/c1-10(9-16)4-3-7-15-12-6-5-11(2)13(14)8-12/h5-6,8,10,15-16H,3-4,7,9,14H2,1-2H3. The third kappa shape index (κ3) is 4.11. The Kier molecular flexibility index (Phi) is 5.12. The van der Waals surface area contributed by atoms with Gasteiger partial charge in [0.2, 0.25) is 0 Å². The van der Waals surface area contributed by atoms with Gasteiger partial charge in [0, 0.05) is 24.5 Å². The van der Waals surface area contributed by atoms with Crippen LogP contribution in [-0.4, -0.2) is 18.3 Å². The fraction of sp³-hybridized carbons (Fsp3) is 0.538. The summed E-state index contributed by atoms with van der Waals surface area (Å²) >= 11 is 0. The summed E-state index contributed by atoms with van der Waals surface area (Å²) in [4.78, 5) is 0. The van der Waals surface area contributed by atoms with E-state index in [1.807, 2.05) is 25.1 Å². The number of aryl methyl sites for hydroxylation is 1. The van der Waals surface area contributed by atoms with Crippen molar-refractivity contribution in [2.75, 3.05) is 24.2 Å². The Morgan fingerprint density at radius 1 is 1.44 bits per heavy atom. The Hall–Kier alpha value is -1.22. The first-order chi connectivity index (χ1) is 7.63. The molecule has 3 heteroatoms. The first-order valence-corrected chi connectivity index (χ1v) is 5.84. The molecule has 0 amide bonds. The van der Waals surface area contributed by atoms with Crippen molar-refractivity contribution < 1.29 is 5.11 Å². The average molecular weight is 222 g/mol. The van der Waals surface area contributed by atoms with Crippen LogP contribution < -0.4 is 11.1 Å². The van der Waals surface area contributed by atoms with E-state index < -0.39 is 0 Å². The van der Waals surface area contributed by atoms with E-state index in [0.29, 0.717) is 5.92 Å². The lowest BCUT2D eigenvalue weighted by atomic mass is 10.1. The van der Waals surface area contributed by atoms with Gasteiger partial charge in [0.25, 0.3) is 0 Å². The van der Waals surface area contributed by atoms with Crippen LogP contribution in [0, 0.1) is 12.8 Å². The van der Waals surface area contributed by atoms with Crippen LogP contribution >= 0.6 is 0 Å². The van der Waals surface area contributed by atoms with E-state index in [9.17, 15) is 0 Å². The number of nitrogens with two attached hydrogens (primary N) is 1. The Morgan fingerprint density at radius 3 is 2.81 bits per heavy atom. The van der Waals surface area contributed by atoms with Crippen LogP contribution in [0.1, 0.15) is 25.3 Å². The molecule has 0 aliphatic carbocycles. The molecule has 0 radical (unpaired) electrons. The molecule has 90 valence electrons. The monoisotopic (exact) mass is 222 g/mol. The highest BCUT2D eigenvalue weighted by Gasteiger charge is 2.00. The fourth-order valence-corrected chi connectivity index (χ4v) is 1.52. The van der Waals surface area contributed by atoms with Crippen molar-refractivity contribution in [2.24, 2.45) is 5.92 Å². The number of hydrogen-bond acceptors (Lipinski definition) is 3. The van der Waals surface area contributed by atoms with Crippen LogP contribution in [0.15, 0.2) is 18.2 Å². The number of nitrogen functional groups attached to an aromatic ring is 1. The topological polar surface area (TPSA) is 58.3 Å². The van der Waals surface area contributed by atoms with E-state index in [0.717, 1.165) is 36.3 Å². The van der Waals surface area contributed by atoms with E-state index in [1.165, 1.54) is 0 Å². The zero-order valence-electron chi connectivity index (χ0n) is 10.2. The molecule has 1 aromatic carbocycles. The Balaban J connectivity index is 2.29. The number of aliphatic hydroxyl groups is 1. The maximum Gasteiger partial charge on any atom is 0.0456 e. The van der Waals surface area contributed by atoms with Gasteiger partial charge in [-0.15, -0.1) is 0 Å². The van der Waals surface area contributed by atoms with Crippen LogP contribution in [-0.2, 0) is 0 Å². The second kappa shape index (κ2) is 6.38. The van der Waals surface area contributed by atoms with Gasteiger partial charge < -0.3 is 16.2 Å². The normalized spacial score (nSPS) is 12.4. The van der Waals surface area contributed by atoms with Gasteiger partial charge in [0.15, 0.2) is 0 Å². The van der Waals surface area contributed by atoms with Gasteiger partial charge in [-0.05, 0) is 43.4 Å². The minimum atomic E-state index is 0.275. The summed E-state index contributed by atoms with van der Waals surface area (Å²) in [6, 6.07) is 6.03. The second-order valence-electron chi connectivity index (χ2n) is 4.43. The van der Waals surface area contributed by atoms with Crippen molar-refractivity contribution in [2.45, 2.75) is 26.7 Å². The molecule has 0 spiro atoms. The molecule has 0 saturated carbocycles. The molecular formula is C13H22N2O.